The van der Waals surface area contributed by atoms with Gasteiger partial charge in [0.15, 0.2) is 5.82 Å². The number of benzene rings is 1. The Labute approximate surface area is 157 Å². The Morgan fingerprint density at radius 2 is 1.85 bits per heavy atom. The number of pyridine rings is 1. The first-order chi connectivity index (χ1) is 13.0. The van der Waals surface area contributed by atoms with Gasteiger partial charge < -0.3 is 9.88 Å². The molecule has 0 atom stereocenters. The van der Waals surface area contributed by atoms with Gasteiger partial charge in [0.05, 0.1) is 0 Å². The summed E-state index contributed by atoms with van der Waals surface area (Å²) >= 11 is 0. The van der Waals surface area contributed by atoms with E-state index in [1.807, 2.05) is 39.1 Å². The van der Waals surface area contributed by atoms with Gasteiger partial charge in [-0.25, -0.2) is 4.98 Å². The highest BCUT2D eigenvalue weighted by atomic mass is 16.1. The van der Waals surface area contributed by atoms with Gasteiger partial charge in [0.1, 0.15) is 5.82 Å². The molecule has 0 fully saturated rings. The normalized spacial score (nSPS) is 10.8. The maximum atomic E-state index is 12.3. The van der Waals surface area contributed by atoms with Crippen molar-refractivity contribution in [1.82, 2.24) is 24.6 Å². The lowest BCUT2D eigenvalue weighted by atomic mass is 10.1. The van der Waals surface area contributed by atoms with E-state index in [0.29, 0.717) is 30.9 Å². The predicted octanol–water partition coefficient (Wildman–Crippen LogP) is 2.08. The van der Waals surface area contributed by atoms with Crippen molar-refractivity contribution in [2.75, 3.05) is 6.54 Å². The van der Waals surface area contributed by atoms with Crippen LogP contribution >= 0.6 is 0 Å². The highest BCUT2D eigenvalue weighted by Gasteiger charge is 2.09. The van der Waals surface area contributed by atoms with Crippen molar-refractivity contribution in [1.29, 1.82) is 0 Å². The number of rotatable bonds is 6. The number of hydrogen-bond acceptors (Lipinski definition) is 4. The molecule has 1 N–H and O–H groups in total. The minimum atomic E-state index is -0.135. The Morgan fingerprint density at radius 1 is 1.11 bits per heavy atom. The van der Waals surface area contributed by atoms with E-state index >= 15 is 0 Å². The van der Waals surface area contributed by atoms with Gasteiger partial charge in [0, 0.05) is 43.0 Å². The van der Waals surface area contributed by atoms with Crippen LogP contribution in [0.1, 0.15) is 28.3 Å². The molecule has 2 heterocycles. The van der Waals surface area contributed by atoms with Crippen LogP contribution in [0.5, 0.6) is 0 Å². The van der Waals surface area contributed by atoms with Crippen molar-refractivity contribution in [3.63, 3.8) is 0 Å². The Kier molecular flexibility index (Phi) is 5.49. The minimum Gasteiger partial charge on any atom is -0.352 e. The number of amides is 1. The van der Waals surface area contributed by atoms with Crippen molar-refractivity contribution in [2.45, 2.75) is 26.8 Å². The van der Waals surface area contributed by atoms with E-state index in [-0.39, 0.29) is 11.5 Å². The Balaban J connectivity index is 1.54. The molecule has 7 heteroatoms. The summed E-state index contributed by atoms with van der Waals surface area (Å²) in [5, 5.41) is 7.23. The van der Waals surface area contributed by atoms with E-state index in [1.165, 1.54) is 0 Å². The predicted molar refractivity (Wildman–Crippen MR) is 104 cm³/mol. The first-order valence-electron chi connectivity index (χ1n) is 8.88. The summed E-state index contributed by atoms with van der Waals surface area (Å²) in [6.45, 7) is 4.88. The number of carbonyl (C=O) groups is 1. The quantitative estimate of drug-likeness (QED) is 0.678. The van der Waals surface area contributed by atoms with Crippen LogP contribution in [0.2, 0.25) is 0 Å². The van der Waals surface area contributed by atoms with Crippen molar-refractivity contribution in [2.24, 2.45) is 7.05 Å². The van der Waals surface area contributed by atoms with E-state index in [4.69, 9.17) is 0 Å². The lowest BCUT2D eigenvalue weighted by Crippen LogP contribution is -2.27. The molecule has 0 bridgehead atoms. The van der Waals surface area contributed by atoms with Gasteiger partial charge in [0.2, 0.25) is 0 Å². The second kappa shape index (κ2) is 7.99. The summed E-state index contributed by atoms with van der Waals surface area (Å²) in [4.78, 5) is 28.5. The molecular weight excluding hydrogens is 342 g/mol. The second-order valence-electron chi connectivity index (χ2n) is 6.45. The van der Waals surface area contributed by atoms with Crippen LogP contribution in [0.25, 0.3) is 11.4 Å². The van der Waals surface area contributed by atoms with Gasteiger partial charge in [-0.15, -0.1) is 0 Å². The lowest BCUT2D eigenvalue weighted by Gasteiger charge is -2.10. The van der Waals surface area contributed by atoms with E-state index in [1.54, 1.807) is 33.5 Å². The van der Waals surface area contributed by atoms with Crippen LogP contribution in [-0.2, 0) is 13.6 Å². The van der Waals surface area contributed by atoms with E-state index in [2.05, 4.69) is 15.4 Å². The van der Waals surface area contributed by atoms with Gasteiger partial charge in [-0.2, -0.15) is 5.10 Å². The summed E-state index contributed by atoms with van der Waals surface area (Å²) in [5.41, 5.74) is 2.35. The van der Waals surface area contributed by atoms with Gasteiger partial charge >= 0.3 is 0 Å². The number of hydrogen-bond donors (Lipinski definition) is 1. The standard InChI is InChI=1S/C20H23N5O2/c1-14-6-4-7-18(26)25(14)13-5-12-21-20(27)17-10-8-16(9-11-17)19-22-15(2)24(3)23-19/h4,6-11H,5,12-13H2,1-3H3,(H,21,27). The molecule has 0 radical (unpaired) electrons. The van der Waals surface area contributed by atoms with E-state index in [0.717, 1.165) is 17.1 Å². The van der Waals surface area contributed by atoms with E-state index in [9.17, 15) is 9.59 Å². The van der Waals surface area contributed by atoms with Crippen LogP contribution in [-0.4, -0.2) is 31.8 Å². The fourth-order valence-electron chi connectivity index (χ4n) is 2.81. The number of aromatic nitrogens is 4. The van der Waals surface area contributed by atoms with Crippen molar-refractivity contribution in [3.05, 3.63) is 69.9 Å². The monoisotopic (exact) mass is 365 g/mol. The van der Waals surface area contributed by atoms with Gasteiger partial charge in [0.25, 0.3) is 11.5 Å². The van der Waals surface area contributed by atoms with E-state index < -0.39 is 0 Å². The summed E-state index contributed by atoms with van der Waals surface area (Å²) in [7, 11) is 1.85. The smallest absolute Gasteiger partial charge is 0.251 e. The fraction of sp³-hybridized carbons (Fsp3) is 0.300. The molecule has 0 unspecified atom stereocenters. The first kappa shape index (κ1) is 18.6. The molecule has 0 aliphatic rings. The number of aryl methyl sites for hydroxylation is 3. The Hall–Kier alpha value is -3.22. The molecule has 0 spiro atoms. The summed E-state index contributed by atoms with van der Waals surface area (Å²) < 4.78 is 3.43. The molecule has 140 valence electrons. The zero-order valence-corrected chi connectivity index (χ0v) is 15.8. The Bertz CT molecular complexity index is 982. The molecule has 3 rings (SSSR count). The average molecular weight is 365 g/mol. The second-order valence-corrected chi connectivity index (χ2v) is 6.45. The molecule has 0 aliphatic heterocycles. The summed E-state index contributed by atoms with van der Waals surface area (Å²) in [6, 6.07) is 12.4. The lowest BCUT2D eigenvalue weighted by molar-refractivity contribution is 0.0952. The molecule has 0 saturated heterocycles. The third-order valence-electron chi connectivity index (χ3n) is 4.50. The highest BCUT2D eigenvalue weighted by molar-refractivity contribution is 5.94. The topological polar surface area (TPSA) is 81.8 Å². The van der Waals surface area contributed by atoms with Crippen LogP contribution in [0.4, 0.5) is 0 Å². The zero-order valence-electron chi connectivity index (χ0n) is 15.8. The molecular formula is C20H23N5O2. The third kappa shape index (κ3) is 4.31. The average Bonchev–Trinajstić information content (AvgIpc) is 2.99. The maximum Gasteiger partial charge on any atom is 0.251 e. The number of nitrogens with zero attached hydrogens (tertiary/aromatic N) is 4. The SMILES string of the molecule is Cc1nc(-c2ccc(C(=O)NCCCn3c(C)cccc3=O)cc2)nn1C. The van der Waals surface area contributed by atoms with Crippen LogP contribution in [0, 0.1) is 13.8 Å². The zero-order chi connectivity index (χ0) is 19.4. The van der Waals surface area contributed by atoms with Gasteiger partial charge in [-0.3, -0.25) is 14.3 Å². The van der Waals surface area contributed by atoms with Crippen molar-refractivity contribution in [3.8, 4) is 11.4 Å². The van der Waals surface area contributed by atoms with Crippen LogP contribution in [0.15, 0.2) is 47.3 Å². The fourth-order valence-corrected chi connectivity index (χ4v) is 2.81. The number of nitrogens with one attached hydrogen (secondary N) is 1. The number of carbonyl (C=O) groups excluding carboxylic acids is 1. The molecule has 1 amide bonds. The van der Waals surface area contributed by atoms with Gasteiger partial charge in [-0.05, 0) is 38.5 Å². The summed E-state index contributed by atoms with van der Waals surface area (Å²) in [5.74, 6) is 1.34. The molecule has 1 aromatic carbocycles. The van der Waals surface area contributed by atoms with Gasteiger partial charge in [-0.1, -0.05) is 18.2 Å². The van der Waals surface area contributed by atoms with Crippen LogP contribution < -0.4 is 10.9 Å². The Morgan fingerprint density at radius 3 is 2.48 bits per heavy atom. The molecule has 2 aromatic heterocycles. The van der Waals surface area contributed by atoms with Crippen molar-refractivity contribution >= 4 is 5.91 Å². The largest absolute Gasteiger partial charge is 0.352 e. The molecule has 0 saturated carbocycles. The third-order valence-corrected chi connectivity index (χ3v) is 4.50. The minimum absolute atomic E-state index is 0.0183. The molecule has 0 aliphatic carbocycles. The van der Waals surface area contributed by atoms with Crippen LogP contribution in [0.3, 0.4) is 0 Å². The molecule has 27 heavy (non-hydrogen) atoms. The first-order valence-corrected chi connectivity index (χ1v) is 8.88. The molecule has 7 nitrogen and oxygen atoms in total. The van der Waals surface area contributed by atoms with Crippen molar-refractivity contribution < 1.29 is 4.79 Å². The summed E-state index contributed by atoms with van der Waals surface area (Å²) in [6.07, 6.45) is 0.686. The maximum absolute atomic E-state index is 12.3. The molecule has 3 aromatic rings. The highest BCUT2D eigenvalue weighted by Crippen LogP contribution is 2.16.